The molecule has 0 heterocycles. The van der Waals surface area contributed by atoms with Crippen LogP contribution in [0.2, 0.25) is 0 Å². The Hall–Kier alpha value is -1.90. The van der Waals surface area contributed by atoms with E-state index in [4.69, 9.17) is 4.84 Å². The molecule has 0 aliphatic carbocycles. The third-order valence-corrected chi connectivity index (χ3v) is 2.51. The van der Waals surface area contributed by atoms with Gasteiger partial charge in [-0.15, -0.1) is 0 Å². The standard InChI is InChI=1S/C16H17NO/c1-3-8-15(9-4-1)12-7-13-18-17-14-16-10-5-2-6-11-16/h1-12,17H,13-14H2/b12-7+. The molecule has 2 aromatic rings. The smallest absolute Gasteiger partial charge is 0.0867 e. The first-order valence-corrected chi connectivity index (χ1v) is 6.05. The van der Waals surface area contributed by atoms with E-state index in [-0.39, 0.29) is 0 Å². The first kappa shape index (κ1) is 12.6. The SMILES string of the molecule is C(=C\c1ccccc1)/CONCc1ccccc1. The van der Waals surface area contributed by atoms with Gasteiger partial charge in [-0.1, -0.05) is 72.8 Å². The van der Waals surface area contributed by atoms with Crippen LogP contribution < -0.4 is 5.48 Å². The summed E-state index contributed by atoms with van der Waals surface area (Å²) in [5, 5.41) is 0. The summed E-state index contributed by atoms with van der Waals surface area (Å²) in [4.78, 5) is 5.32. The fraction of sp³-hybridized carbons (Fsp3) is 0.125. The molecule has 0 saturated carbocycles. The van der Waals surface area contributed by atoms with E-state index in [1.165, 1.54) is 11.1 Å². The van der Waals surface area contributed by atoms with Gasteiger partial charge >= 0.3 is 0 Å². The number of nitrogens with one attached hydrogen (secondary N) is 1. The van der Waals surface area contributed by atoms with Gasteiger partial charge in [0, 0.05) is 6.54 Å². The summed E-state index contributed by atoms with van der Waals surface area (Å²) in [5.74, 6) is 0. The highest BCUT2D eigenvalue weighted by Crippen LogP contribution is 2.00. The van der Waals surface area contributed by atoms with Crippen molar-refractivity contribution >= 4 is 6.08 Å². The zero-order valence-electron chi connectivity index (χ0n) is 10.3. The fourth-order valence-corrected chi connectivity index (χ4v) is 1.59. The van der Waals surface area contributed by atoms with E-state index in [9.17, 15) is 0 Å². The molecule has 18 heavy (non-hydrogen) atoms. The molecule has 2 heteroatoms. The minimum atomic E-state index is 0.557. The largest absolute Gasteiger partial charge is 0.297 e. The molecular weight excluding hydrogens is 222 g/mol. The van der Waals surface area contributed by atoms with Crippen LogP contribution in [0.15, 0.2) is 66.7 Å². The quantitative estimate of drug-likeness (QED) is 0.616. The van der Waals surface area contributed by atoms with Crippen molar-refractivity contribution in [2.24, 2.45) is 0 Å². The van der Waals surface area contributed by atoms with Gasteiger partial charge < -0.3 is 0 Å². The fourth-order valence-electron chi connectivity index (χ4n) is 1.59. The highest BCUT2D eigenvalue weighted by molar-refractivity contribution is 5.48. The monoisotopic (exact) mass is 239 g/mol. The van der Waals surface area contributed by atoms with Gasteiger partial charge in [0.2, 0.25) is 0 Å². The van der Waals surface area contributed by atoms with Gasteiger partial charge in [-0.2, -0.15) is 5.48 Å². The zero-order chi connectivity index (χ0) is 12.5. The average Bonchev–Trinajstić information content (AvgIpc) is 2.45. The topological polar surface area (TPSA) is 21.3 Å². The van der Waals surface area contributed by atoms with Gasteiger partial charge in [0.15, 0.2) is 0 Å². The van der Waals surface area contributed by atoms with E-state index in [1.807, 2.05) is 48.6 Å². The first-order valence-electron chi connectivity index (χ1n) is 6.05. The van der Waals surface area contributed by atoms with Crippen LogP contribution in [0.4, 0.5) is 0 Å². The lowest BCUT2D eigenvalue weighted by Gasteiger charge is -2.03. The summed E-state index contributed by atoms with van der Waals surface area (Å²) < 4.78 is 0. The Kier molecular flexibility index (Phi) is 5.18. The molecule has 0 aliphatic heterocycles. The van der Waals surface area contributed by atoms with Crippen LogP contribution in [0.1, 0.15) is 11.1 Å². The van der Waals surface area contributed by atoms with E-state index < -0.39 is 0 Å². The van der Waals surface area contributed by atoms with E-state index in [0.717, 1.165) is 6.54 Å². The molecule has 2 rings (SSSR count). The van der Waals surface area contributed by atoms with Crippen LogP contribution in [0.25, 0.3) is 6.08 Å². The maximum Gasteiger partial charge on any atom is 0.0867 e. The molecule has 0 bridgehead atoms. The molecule has 92 valence electrons. The van der Waals surface area contributed by atoms with E-state index in [0.29, 0.717) is 6.61 Å². The van der Waals surface area contributed by atoms with E-state index in [2.05, 4.69) is 29.7 Å². The molecule has 0 aromatic heterocycles. The maximum absolute atomic E-state index is 5.32. The molecule has 0 unspecified atom stereocenters. The molecule has 1 N–H and O–H groups in total. The van der Waals surface area contributed by atoms with Gasteiger partial charge in [-0.05, 0) is 11.1 Å². The normalized spacial score (nSPS) is 10.9. The molecule has 0 atom stereocenters. The Bertz CT molecular complexity index is 465. The summed E-state index contributed by atoms with van der Waals surface area (Å²) in [6.45, 7) is 1.28. The van der Waals surface area contributed by atoms with Crippen LogP contribution >= 0.6 is 0 Å². The number of rotatable bonds is 6. The minimum absolute atomic E-state index is 0.557. The molecule has 2 nitrogen and oxygen atoms in total. The van der Waals surface area contributed by atoms with Gasteiger partial charge in [0.1, 0.15) is 0 Å². The van der Waals surface area contributed by atoms with Gasteiger partial charge in [-0.25, -0.2) is 0 Å². The summed E-state index contributed by atoms with van der Waals surface area (Å²) >= 11 is 0. The Balaban J connectivity index is 1.63. The van der Waals surface area contributed by atoms with Crippen molar-refractivity contribution in [3.8, 4) is 0 Å². The lowest BCUT2D eigenvalue weighted by atomic mass is 10.2. The van der Waals surface area contributed by atoms with Crippen LogP contribution in [0.3, 0.4) is 0 Å². The highest BCUT2D eigenvalue weighted by atomic mass is 16.6. The number of benzene rings is 2. The van der Waals surface area contributed by atoms with E-state index in [1.54, 1.807) is 0 Å². The second-order valence-electron chi connectivity index (χ2n) is 3.93. The summed E-state index contributed by atoms with van der Waals surface area (Å²) in [6, 6.07) is 20.4. The Morgan fingerprint density at radius 1 is 0.889 bits per heavy atom. The Morgan fingerprint density at radius 2 is 1.56 bits per heavy atom. The van der Waals surface area contributed by atoms with Gasteiger partial charge in [0.25, 0.3) is 0 Å². The van der Waals surface area contributed by atoms with Crippen molar-refractivity contribution in [1.82, 2.24) is 5.48 Å². The van der Waals surface area contributed by atoms with Crippen molar-refractivity contribution < 1.29 is 4.84 Å². The summed E-state index contributed by atoms with van der Waals surface area (Å²) in [5.41, 5.74) is 5.33. The molecule has 0 fully saturated rings. The predicted octanol–water partition coefficient (Wildman–Crippen LogP) is 3.42. The van der Waals surface area contributed by atoms with E-state index >= 15 is 0 Å². The van der Waals surface area contributed by atoms with Gasteiger partial charge in [-0.3, -0.25) is 4.84 Å². The summed E-state index contributed by atoms with van der Waals surface area (Å²) in [7, 11) is 0. The average molecular weight is 239 g/mol. The van der Waals surface area contributed by atoms with Crippen LogP contribution in [0, 0.1) is 0 Å². The minimum Gasteiger partial charge on any atom is -0.297 e. The van der Waals surface area contributed by atoms with Crippen molar-refractivity contribution in [1.29, 1.82) is 0 Å². The number of hydroxylamine groups is 1. The van der Waals surface area contributed by atoms with Crippen molar-refractivity contribution in [3.05, 3.63) is 77.9 Å². The molecule has 0 spiro atoms. The second kappa shape index (κ2) is 7.43. The van der Waals surface area contributed by atoms with Crippen LogP contribution in [-0.4, -0.2) is 6.61 Å². The van der Waals surface area contributed by atoms with Crippen LogP contribution in [-0.2, 0) is 11.4 Å². The highest BCUT2D eigenvalue weighted by Gasteiger charge is 1.89. The Morgan fingerprint density at radius 3 is 2.28 bits per heavy atom. The second-order valence-corrected chi connectivity index (χ2v) is 3.93. The maximum atomic E-state index is 5.32. The third kappa shape index (κ3) is 4.53. The van der Waals surface area contributed by atoms with Gasteiger partial charge in [0.05, 0.1) is 6.61 Å². The third-order valence-electron chi connectivity index (χ3n) is 2.51. The molecule has 2 aromatic carbocycles. The molecule has 0 amide bonds. The molecular formula is C16H17NO. The van der Waals surface area contributed by atoms with Crippen LogP contribution in [0.5, 0.6) is 0 Å². The summed E-state index contributed by atoms with van der Waals surface area (Å²) in [6.07, 6.45) is 4.04. The lowest BCUT2D eigenvalue weighted by Crippen LogP contribution is -2.13. The van der Waals surface area contributed by atoms with Crippen molar-refractivity contribution in [2.45, 2.75) is 6.54 Å². The Labute approximate surface area is 108 Å². The van der Waals surface area contributed by atoms with Crippen molar-refractivity contribution in [2.75, 3.05) is 6.61 Å². The molecule has 0 radical (unpaired) electrons. The molecule has 0 saturated heterocycles. The number of hydrogen-bond acceptors (Lipinski definition) is 2. The lowest BCUT2D eigenvalue weighted by molar-refractivity contribution is 0.0580. The predicted molar refractivity (Wildman–Crippen MR) is 74.7 cm³/mol. The van der Waals surface area contributed by atoms with Crippen molar-refractivity contribution in [3.63, 3.8) is 0 Å². The zero-order valence-corrected chi connectivity index (χ0v) is 10.3. The molecule has 0 aliphatic rings. The first-order chi connectivity index (χ1) is 8.95. The number of hydrogen-bond donors (Lipinski definition) is 1.